The Bertz CT molecular complexity index is 624. The molecule has 2 heterocycles. The van der Waals surface area contributed by atoms with E-state index in [-0.39, 0.29) is 5.91 Å². The summed E-state index contributed by atoms with van der Waals surface area (Å²) in [5, 5.41) is 2.81. The average molecular weight is 299 g/mol. The van der Waals surface area contributed by atoms with E-state index in [2.05, 4.69) is 21.8 Å². The lowest BCUT2D eigenvalue weighted by Crippen LogP contribution is -2.41. The maximum absolute atomic E-state index is 11.7. The second-order valence-corrected chi connectivity index (χ2v) is 5.66. The van der Waals surface area contributed by atoms with Crippen molar-refractivity contribution in [3.63, 3.8) is 0 Å². The van der Waals surface area contributed by atoms with E-state index in [1.54, 1.807) is 6.08 Å². The number of nitrogens with zero attached hydrogens (tertiary/aromatic N) is 2. The van der Waals surface area contributed by atoms with Crippen molar-refractivity contribution in [3.05, 3.63) is 42.8 Å². The number of hydrogen-bond donors (Lipinski definition) is 1. The van der Waals surface area contributed by atoms with Gasteiger partial charge >= 0.3 is 0 Å². The Hall–Kier alpha value is -2.14. The molecular weight excluding hydrogens is 278 g/mol. The minimum Gasteiger partial charge on any atom is -0.440 e. The van der Waals surface area contributed by atoms with Crippen LogP contribution in [0.25, 0.3) is 11.1 Å². The molecule has 5 nitrogen and oxygen atoms in total. The molecule has 1 N–H and O–H groups in total. The molecule has 2 aromatic rings. The van der Waals surface area contributed by atoms with Crippen molar-refractivity contribution in [1.29, 1.82) is 0 Å². The Morgan fingerprint density at radius 3 is 2.91 bits per heavy atom. The van der Waals surface area contributed by atoms with Gasteiger partial charge in [-0.05, 0) is 38.1 Å². The Balaban J connectivity index is 1.55. The summed E-state index contributed by atoms with van der Waals surface area (Å²) in [7, 11) is 0. The highest BCUT2D eigenvalue weighted by molar-refractivity contribution is 5.78. The highest BCUT2D eigenvalue weighted by Crippen LogP contribution is 2.29. The third kappa shape index (κ3) is 3.36. The predicted octanol–water partition coefficient (Wildman–Crippen LogP) is 2.31. The molecule has 0 bridgehead atoms. The maximum atomic E-state index is 11.7. The lowest BCUT2D eigenvalue weighted by atomic mass is 9.97. The van der Waals surface area contributed by atoms with Crippen molar-refractivity contribution < 1.29 is 9.21 Å². The van der Waals surface area contributed by atoms with Crippen molar-refractivity contribution in [3.8, 4) is 0 Å². The van der Waals surface area contributed by atoms with E-state index in [9.17, 15) is 4.79 Å². The molecule has 0 saturated carbocycles. The number of fused-ring (bicyclic) bond motifs is 1. The first-order valence-electron chi connectivity index (χ1n) is 7.71. The van der Waals surface area contributed by atoms with Crippen molar-refractivity contribution in [2.24, 2.45) is 0 Å². The molecule has 0 radical (unpaired) electrons. The van der Waals surface area contributed by atoms with E-state index in [1.807, 2.05) is 24.3 Å². The Morgan fingerprint density at radius 1 is 1.41 bits per heavy atom. The van der Waals surface area contributed by atoms with E-state index in [4.69, 9.17) is 4.42 Å². The minimum absolute atomic E-state index is 0.0558. The predicted molar refractivity (Wildman–Crippen MR) is 85.6 cm³/mol. The van der Waals surface area contributed by atoms with Crippen LogP contribution in [0, 0.1) is 0 Å². The van der Waals surface area contributed by atoms with Gasteiger partial charge in [0.25, 0.3) is 0 Å². The Morgan fingerprint density at radius 2 is 2.18 bits per heavy atom. The quantitative estimate of drug-likeness (QED) is 0.861. The molecule has 1 aliphatic heterocycles. The molecule has 0 spiro atoms. The summed E-state index contributed by atoms with van der Waals surface area (Å²) in [6.45, 7) is 6.36. The first-order valence-corrected chi connectivity index (χ1v) is 7.71. The number of carbonyl (C=O) groups is 1. The van der Waals surface area contributed by atoms with Crippen LogP contribution in [0.1, 0.15) is 24.7 Å². The molecular formula is C17H21N3O2. The minimum atomic E-state index is 0.0558. The van der Waals surface area contributed by atoms with Crippen LogP contribution in [0.5, 0.6) is 0 Å². The third-order valence-corrected chi connectivity index (χ3v) is 4.06. The van der Waals surface area contributed by atoms with Gasteiger partial charge in [-0.15, -0.1) is 6.58 Å². The first-order chi connectivity index (χ1) is 10.8. The van der Waals surface area contributed by atoms with Gasteiger partial charge in [0.2, 0.25) is 5.91 Å². The summed E-state index contributed by atoms with van der Waals surface area (Å²) in [5.41, 5.74) is 1.77. The van der Waals surface area contributed by atoms with E-state index in [1.165, 1.54) is 0 Å². The lowest BCUT2D eigenvalue weighted by Gasteiger charge is -2.29. The number of nitrogens with one attached hydrogen (secondary N) is 1. The van der Waals surface area contributed by atoms with Crippen LogP contribution in [-0.2, 0) is 4.79 Å². The molecule has 0 unspecified atom stereocenters. The van der Waals surface area contributed by atoms with Crippen molar-refractivity contribution in [1.82, 2.24) is 15.2 Å². The van der Waals surface area contributed by atoms with E-state index >= 15 is 0 Å². The topological polar surface area (TPSA) is 58.4 Å². The second kappa shape index (κ2) is 6.75. The molecule has 1 aromatic heterocycles. The summed E-state index contributed by atoms with van der Waals surface area (Å²) < 4.78 is 5.86. The highest BCUT2D eigenvalue weighted by Gasteiger charge is 2.25. The van der Waals surface area contributed by atoms with Gasteiger partial charge in [-0.25, -0.2) is 4.98 Å². The lowest BCUT2D eigenvalue weighted by molar-refractivity contribution is -0.122. The number of para-hydroxylation sites is 2. The van der Waals surface area contributed by atoms with E-state index in [0.717, 1.165) is 42.9 Å². The zero-order chi connectivity index (χ0) is 15.4. The van der Waals surface area contributed by atoms with E-state index < -0.39 is 0 Å². The van der Waals surface area contributed by atoms with Crippen molar-refractivity contribution in [2.75, 3.05) is 26.2 Å². The fourth-order valence-corrected chi connectivity index (χ4v) is 2.85. The molecule has 1 aliphatic rings. The number of carbonyl (C=O) groups excluding carboxylic acids is 1. The van der Waals surface area contributed by atoms with Crippen molar-refractivity contribution >= 4 is 17.0 Å². The van der Waals surface area contributed by atoms with Gasteiger partial charge in [-0.3, -0.25) is 9.69 Å². The average Bonchev–Trinajstić information content (AvgIpc) is 2.97. The van der Waals surface area contributed by atoms with Crippen LogP contribution in [0.15, 0.2) is 41.3 Å². The molecule has 1 saturated heterocycles. The molecule has 0 atom stereocenters. The Labute approximate surface area is 130 Å². The molecule has 1 fully saturated rings. The molecule has 0 aliphatic carbocycles. The third-order valence-electron chi connectivity index (χ3n) is 4.06. The Kier molecular flexibility index (Phi) is 4.53. The number of aromatic nitrogens is 1. The van der Waals surface area contributed by atoms with E-state index in [0.29, 0.717) is 19.0 Å². The fraction of sp³-hybridized carbons (Fsp3) is 0.412. The second-order valence-electron chi connectivity index (χ2n) is 5.66. The summed E-state index contributed by atoms with van der Waals surface area (Å²) in [6, 6.07) is 7.85. The van der Waals surface area contributed by atoms with Gasteiger partial charge in [0, 0.05) is 12.5 Å². The number of oxazole rings is 1. The number of rotatable bonds is 5. The van der Waals surface area contributed by atoms with Crippen LogP contribution in [-0.4, -0.2) is 42.0 Å². The molecule has 22 heavy (non-hydrogen) atoms. The van der Waals surface area contributed by atoms with Crippen LogP contribution in [0.2, 0.25) is 0 Å². The SMILES string of the molecule is C=CCNC(=O)CN1CCC(c2nc3ccccc3o2)CC1. The highest BCUT2D eigenvalue weighted by atomic mass is 16.3. The fourth-order valence-electron chi connectivity index (χ4n) is 2.85. The van der Waals surface area contributed by atoms with Gasteiger partial charge in [-0.1, -0.05) is 18.2 Å². The summed E-state index contributed by atoms with van der Waals surface area (Å²) >= 11 is 0. The number of likely N-dealkylation sites (tertiary alicyclic amines) is 1. The number of benzene rings is 1. The smallest absolute Gasteiger partial charge is 0.234 e. The largest absolute Gasteiger partial charge is 0.440 e. The monoisotopic (exact) mass is 299 g/mol. The standard InChI is InChI=1S/C17H21N3O2/c1-2-9-18-16(21)12-20-10-7-13(8-11-20)17-19-14-5-3-4-6-15(14)22-17/h2-6,13H,1,7-12H2,(H,18,21). The molecule has 3 rings (SSSR count). The zero-order valence-corrected chi connectivity index (χ0v) is 12.6. The number of hydrogen-bond acceptors (Lipinski definition) is 4. The molecule has 116 valence electrons. The zero-order valence-electron chi connectivity index (χ0n) is 12.6. The number of amides is 1. The summed E-state index contributed by atoms with van der Waals surface area (Å²) in [6.07, 6.45) is 3.64. The van der Waals surface area contributed by atoms with Crippen LogP contribution in [0.4, 0.5) is 0 Å². The molecule has 1 amide bonds. The van der Waals surface area contributed by atoms with Gasteiger partial charge in [0.15, 0.2) is 11.5 Å². The number of piperidine rings is 1. The summed E-state index contributed by atoms with van der Waals surface area (Å²) in [4.78, 5) is 18.5. The van der Waals surface area contributed by atoms with Crippen LogP contribution >= 0.6 is 0 Å². The van der Waals surface area contributed by atoms with Crippen LogP contribution < -0.4 is 5.32 Å². The van der Waals surface area contributed by atoms with Crippen LogP contribution in [0.3, 0.4) is 0 Å². The first kappa shape index (κ1) is 14.8. The molecule has 5 heteroatoms. The van der Waals surface area contributed by atoms with Gasteiger partial charge < -0.3 is 9.73 Å². The van der Waals surface area contributed by atoms with Gasteiger partial charge in [-0.2, -0.15) is 0 Å². The van der Waals surface area contributed by atoms with Gasteiger partial charge in [0.1, 0.15) is 5.52 Å². The maximum Gasteiger partial charge on any atom is 0.234 e. The normalized spacial score (nSPS) is 16.7. The van der Waals surface area contributed by atoms with Gasteiger partial charge in [0.05, 0.1) is 6.54 Å². The summed E-state index contributed by atoms with van der Waals surface area (Å²) in [5.74, 6) is 1.23. The van der Waals surface area contributed by atoms with Crippen molar-refractivity contribution in [2.45, 2.75) is 18.8 Å². The molecule has 1 aromatic carbocycles.